The second-order valence-corrected chi connectivity index (χ2v) is 7.52. The maximum absolute atomic E-state index is 13.8. The molecule has 0 radical (unpaired) electrons. The topological polar surface area (TPSA) is 50.4 Å². The van der Waals surface area contributed by atoms with E-state index < -0.39 is 29.3 Å². The molecule has 1 unspecified atom stereocenters. The molecule has 1 fully saturated rings. The molecule has 2 N–H and O–H groups in total. The SMILES string of the molecule is CC(NCC1(c2ccc(Cl)cc2)CCOCC1)C(=O)Nc1c(F)cccc1F. The number of amides is 1. The van der Waals surface area contributed by atoms with Gasteiger partial charge in [-0.15, -0.1) is 0 Å². The minimum atomic E-state index is -0.803. The Balaban J connectivity index is 1.69. The molecule has 0 aliphatic carbocycles. The summed E-state index contributed by atoms with van der Waals surface area (Å²) < 4.78 is 33.0. The van der Waals surface area contributed by atoms with E-state index in [1.165, 1.54) is 6.07 Å². The van der Waals surface area contributed by atoms with E-state index in [1.54, 1.807) is 6.92 Å². The monoisotopic (exact) mass is 408 g/mol. The Bertz CT molecular complexity index is 803. The van der Waals surface area contributed by atoms with Crippen LogP contribution in [0.25, 0.3) is 0 Å². The number of nitrogens with one attached hydrogen (secondary N) is 2. The number of hydrogen-bond acceptors (Lipinski definition) is 3. The fourth-order valence-corrected chi connectivity index (χ4v) is 3.55. The van der Waals surface area contributed by atoms with Crippen LogP contribution in [0.4, 0.5) is 14.5 Å². The Morgan fingerprint density at radius 3 is 2.36 bits per heavy atom. The van der Waals surface area contributed by atoms with Crippen molar-refractivity contribution in [3.8, 4) is 0 Å². The van der Waals surface area contributed by atoms with E-state index in [0.29, 0.717) is 24.8 Å². The lowest BCUT2D eigenvalue weighted by atomic mass is 9.74. The van der Waals surface area contributed by atoms with Crippen molar-refractivity contribution in [2.24, 2.45) is 0 Å². The zero-order valence-corrected chi connectivity index (χ0v) is 16.4. The summed E-state index contributed by atoms with van der Waals surface area (Å²) >= 11 is 6.01. The Morgan fingerprint density at radius 2 is 1.75 bits per heavy atom. The highest BCUT2D eigenvalue weighted by Gasteiger charge is 2.35. The van der Waals surface area contributed by atoms with Gasteiger partial charge in [0.15, 0.2) is 0 Å². The van der Waals surface area contributed by atoms with Gasteiger partial charge in [-0.25, -0.2) is 8.78 Å². The van der Waals surface area contributed by atoms with Crippen molar-refractivity contribution >= 4 is 23.2 Å². The summed E-state index contributed by atoms with van der Waals surface area (Å²) in [5.41, 5.74) is 0.501. The predicted octanol–water partition coefficient (Wildman–Crippen LogP) is 4.28. The molecule has 0 spiro atoms. The Hall–Kier alpha value is -2.02. The second kappa shape index (κ2) is 8.99. The van der Waals surface area contributed by atoms with Gasteiger partial charge in [-0.2, -0.15) is 0 Å². The first-order valence-corrected chi connectivity index (χ1v) is 9.61. The fraction of sp³-hybridized carbons (Fsp3) is 0.381. The van der Waals surface area contributed by atoms with Crippen LogP contribution >= 0.6 is 11.6 Å². The quantitative estimate of drug-likeness (QED) is 0.750. The summed E-state index contributed by atoms with van der Waals surface area (Å²) in [6.07, 6.45) is 1.61. The van der Waals surface area contributed by atoms with E-state index >= 15 is 0 Å². The molecule has 0 aromatic heterocycles. The molecule has 7 heteroatoms. The summed E-state index contributed by atoms with van der Waals surface area (Å²) in [5.74, 6) is -2.10. The molecule has 1 aliphatic heterocycles. The number of benzene rings is 2. The lowest BCUT2D eigenvalue weighted by Crippen LogP contribution is -2.48. The fourth-order valence-electron chi connectivity index (χ4n) is 3.42. The third-order valence-electron chi connectivity index (χ3n) is 5.26. The van der Waals surface area contributed by atoms with Crippen molar-refractivity contribution in [3.63, 3.8) is 0 Å². The van der Waals surface area contributed by atoms with Crippen molar-refractivity contribution in [1.29, 1.82) is 0 Å². The molecule has 2 aromatic rings. The Morgan fingerprint density at radius 1 is 1.14 bits per heavy atom. The smallest absolute Gasteiger partial charge is 0.241 e. The molecular formula is C21H23ClF2N2O2. The molecule has 1 aliphatic rings. The minimum absolute atomic E-state index is 0.194. The summed E-state index contributed by atoms with van der Waals surface area (Å²) in [6.45, 7) is 3.46. The maximum atomic E-state index is 13.8. The summed E-state index contributed by atoms with van der Waals surface area (Å²) in [4.78, 5) is 12.4. The molecule has 0 saturated carbocycles. The lowest BCUT2D eigenvalue weighted by molar-refractivity contribution is -0.117. The highest BCUT2D eigenvalue weighted by atomic mass is 35.5. The van der Waals surface area contributed by atoms with Gasteiger partial charge in [0.05, 0.1) is 6.04 Å². The predicted molar refractivity (Wildman–Crippen MR) is 106 cm³/mol. The van der Waals surface area contributed by atoms with E-state index in [-0.39, 0.29) is 5.41 Å². The Labute approximate surface area is 168 Å². The first kappa shape index (κ1) is 20.7. The molecule has 1 amide bonds. The van der Waals surface area contributed by atoms with Crippen LogP contribution in [0.5, 0.6) is 0 Å². The van der Waals surface area contributed by atoms with Crippen LogP contribution in [0.3, 0.4) is 0 Å². The van der Waals surface area contributed by atoms with E-state index in [9.17, 15) is 13.6 Å². The molecule has 0 bridgehead atoms. The van der Waals surface area contributed by atoms with Crippen molar-refractivity contribution in [1.82, 2.24) is 5.32 Å². The molecule has 1 saturated heterocycles. The zero-order chi connectivity index (χ0) is 20.1. The van der Waals surface area contributed by atoms with Crippen molar-refractivity contribution in [3.05, 3.63) is 64.7 Å². The molecular weight excluding hydrogens is 386 g/mol. The van der Waals surface area contributed by atoms with Gasteiger partial charge in [-0.1, -0.05) is 29.8 Å². The molecule has 150 valence electrons. The van der Waals surface area contributed by atoms with Crippen molar-refractivity contribution in [2.45, 2.75) is 31.2 Å². The highest BCUT2D eigenvalue weighted by molar-refractivity contribution is 6.30. The third kappa shape index (κ3) is 4.69. The minimum Gasteiger partial charge on any atom is -0.381 e. The van der Waals surface area contributed by atoms with Gasteiger partial charge in [-0.3, -0.25) is 4.79 Å². The van der Waals surface area contributed by atoms with Gasteiger partial charge in [0.2, 0.25) is 5.91 Å². The summed E-state index contributed by atoms with van der Waals surface area (Å²) in [7, 11) is 0. The van der Waals surface area contributed by atoms with Crippen LogP contribution in [-0.4, -0.2) is 31.7 Å². The summed E-state index contributed by atoms with van der Waals surface area (Å²) in [6, 6.07) is 10.5. The number of para-hydroxylation sites is 1. The van der Waals surface area contributed by atoms with Crippen LogP contribution in [-0.2, 0) is 14.9 Å². The zero-order valence-electron chi connectivity index (χ0n) is 15.6. The number of anilines is 1. The van der Waals surface area contributed by atoms with Gasteiger partial charge in [0, 0.05) is 30.2 Å². The van der Waals surface area contributed by atoms with Gasteiger partial charge in [0.1, 0.15) is 17.3 Å². The molecule has 4 nitrogen and oxygen atoms in total. The first-order chi connectivity index (χ1) is 13.4. The largest absolute Gasteiger partial charge is 0.381 e. The van der Waals surface area contributed by atoms with Crippen LogP contribution < -0.4 is 10.6 Å². The van der Waals surface area contributed by atoms with Crippen LogP contribution in [0.1, 0.15) is 25.3 Å². The van der Waals surface area contributed by atoms with Crippen molar-refractivity contribution in [2.75, 3.05) is 25.1 Å². The first-order valence-electron chi connectivity index (χ1n) is 9.23. The van der Waals surface area contributed by atoms with Gasteiger partial charge < -0.3 is 15.4 Å². The van der Waals surface area contributed by atoms with Gasteiger partial charge >= 0.3 is 0 Å². The number of hydrogen-bond donors (Lipinski definition) is 2. The van der Waals surface area contributed by atoms with Gasteiger partial charge in [-0.05, 0) is 49.6 Å². The second-order valence-electron chi connectivity index (χ2n) is 7.09. The Kier molecular flexibility index (Phi) is 6.65. The van der Waals surface area contributed by atoms with Gasteiger partial charge in [0.25, 0.3) is 0 Å². The highest BCUT2D eigenvalue weighted by Crippen LogP contribution is 2.35. The van der Waals surface area contributed by atoms with Crippen molar-refractivity contribution < 1.29 is 18.3 Å². The normalized spacial score (nSPS) is 17.1. The van der Waals surface area contributed by atoms with Crippen LogP contribution in [0.2, 0.25) is 5.02 Å². The molecule has 1 atom stereocenters. The average molecular weight is 409 g/mol. The van der Waals surface area contributed by atoms with E-state index in [2.05, 4.69) is 10.6 Å². The number of halogens is 3. The number of rotatable bonds is 6. The number of carbonyl (C=O) groups is 1. The average Bonchev–Trinajstić information content (AvgIpc) is 2.70. The van der Waals surface area contributed by atoms with Crippen LogP contribution in [0.15, 0.2) is 42.5 Å². The molecule has 3 rings (SSSR count). The lowest BCUT2D eigenvalue weighted by Gasteiger charge is -2.38. The molecule has 28 heavy (non-hydrogen) atoms. The van der Waals surface area contributed by atoms with E-state index in [0.717, 1.165) is 30.5 Å². The molecule has 1 heterocycles. The molecule has 2 aromatic carbocycles. The third-order valence-corrected chi connectivity index (χ3v) is 5.51. The number of carbonyl (C=O) groups excluding carboxylic acids is 1. The number of ether oxygens (including phenoxy) is 1. The van der Waals surface area contributed by atoms with E-state index in [4.69, 9.17) is 16.3 Å². The van der Waals surface area contributed by atoms with Crippen LogP contribution in [0, 0.1) is 11.6 Å². The maximum Gasteiger partial charge on any atom is 0.241 e. The van der Waals surface area contributed by atoms with E-state index in [1.807, 2.05) is 24.3 Å². The summed E-state index contributed by atoms with van der Waals surface area (Å²) in [5, 5.41) is 6.22. The standard InChI is InChI=1S/C21H23ClF2N2O2/c1-14(20(27)26-19-17(23)3-2-4-18(19)24)25-13-21(9-11-28-12-10-21)15-5-7-16(22)8-6-15/h2-8,14,25H,9-13H2,1H3,(H,26,27).